The van der Waals surface area contributed by atoms with Crippen LogP contribution in [-0.4, -0.2) is 43.8 Å². The van der Waals surface area contributed by atoms with Gasteiger partial charge in [-0.15, -0.1) is 0 Å². The molecular weight excluding hydrogens is 270 g/mol. The van der Waals surface area contributed by atoms with Gasteiger partial charge < -0.3 is 9.88 Å². The number of carbonyl (C=O) groups is 1. The lowest BCUT2D eigenvalue weighted by molar-refractivity contribution is -0.131. The molecule has 0 aliphatic carbocycles. The van der Waals surface area contributed by atoms with Crippen LogP contribution in [0, 0.1) is 0 Å². The van der Waals surface area contributed by atoms with Gasteiger partial charge in [0.05, 0.1) is 6.04 Å². The Bertz CT molecular complexity index is 608. The van der Waals surface area contributed by atoms with Crippen LogP contribution in [0.25, 0.3) is 0 Å². The van der Waals surface area contributed by atoms with Crippen molar-refractivity contribution in [2.24, 2.45) is 0 Å². The first-order chi connectivity index (χ1) is 8.79. The number of nitrogens with one attached hydrogen (secondary N) is 2. The maximum atomic E-state index is 12.0. The molecule has 19 heavy (non-hydrogen) atoms. The molecule has 106 valence electrons. The smallest absolute Gasteiger partial charge is 0.246 e. The van der Waals surface area contributed by atoms with E-state index in [1.165, 1.54) is 18.0 Å². The lowest BCUT2D eigenvalue weighted by atomic mass is 10.3. The van der Waals surface area contributed by atoms with E-state index in [9.17, 15) is 18.0 Å². The summed E-state index contributed by atoms with van der Waals surface area (Å²) in [5.41, 5.74) is -0.630. The SMILES string of the molecule is CCN(C)C(=O)C(C)NS(=O)(=O)c1c[nH]ccc1=O. The van der Waals surface area contributed by atoms with Crippen molar-refractivity contribution in [3.05, 3.63) is 28.7 Å². The number of aromatic nitrogens is 1. The number of rotatable bonds is 5. The molecule has 1 atom stereocenters. The average Bonchev–Trinajstić information content (AvgIpc) is 2.36. The molecule has 8 heteroatoms. The van der Waals surface area contributed by atoms with E-state index in [0.29, 0.717) is 6.54 Å². The number of nitrogens with zero attached hydrogens (tertiary/aromatic N) is 1. The highest BCUT2D eigenvalue weighted by Crippen LogP contribution is 2.03. The van der Waals surface area contributed by atoms with Gasteiger partial charge in [-0.2, -0.15) is 4.72 Å². The molecule has 0 radical (unpaired) electrons. The van der Waals surface area contributed by atoms with E-state index in [4.69, 9.17) is 0 Å². The number of hydrogen-bond acceptors (Lipinski definition) is 4. The molecule has 2 N–H and O–H groups in total. The monoisotopic (exact) mass is 287 g/mol. The normalized spacial score (nSPS) is 13.0. The van der Waals surface area contributed by atoms with Gasteiger partial charge in [0.25, 0.3) is 0 Å². The number of sulfonamides is 1. The van der Waals surface area contributed by atoms with Crippen LogP contribution >= 0.6 is 0 Å². The zero-order valence-electron chi connectivity index (χ0n) is 11.0. The first kappa shape index (κ1) is 15.4. The summed E-state index contributed by atoms with van der Waals surface area (Å²) in [7, 11) is -2.45. The van der Waals surface area contributed by atoms with Crippen molar-refractivity contribution in [2.75, 3.05) is 13.6 Å². The van der Waals surface area contributed by atoms with Crippen LogP contribution in [-0.2, 0) is 14.8 Å². The van der Waals surface area contributed by atoms with E-state index >= 15 is 0 Å². The first-order valence-electron chi connectivity index (χ1n) is 5.74. The molecule has 0 aliphatic rings. The van der Waals surface area contributed by atoms with Crippen LogP contribution < -0.4 is 10.2 Å². The second-order valence-corrected chi connectivity index (χ2v) is 5.75. The highest BCUT2D eigenvalue weighted by molar-refractivity contribution is 7.89. The van der Waals surface area contributed by atoms with E-state index in [0.717, 1.165) is 12.3 Å². The topological polar surface area (TPSA) is 99.3 Å². The molecule has 0 saturated heterocycles. The Balaban J connectivity index is 2.96. The van der Waals surface area contributed by atoms with E-state index < -0.39 is 26.4 Å². The predicted molar refractivity (Wildman–Crippen MR) is 70.2 cm³/mol. The Kier molecular flexibility index (Phi) is 4.84. The number of carbonyl (C=O) groups excluding carboxylic acids is 1. The molecule has 0 saturated carbocycles. The van der Waals surface area contributed by atoms with Gasteiger partial charge in [0.2, 0.25) is 21.4 Å². The first-order valence-corrected chi connectivity index (χ1v) is 7.22. The summed E-state index contributed by atoms with van der Waals surface area (Å²) >= 11 is 0. The molecule has 1 heterocycles. The lowest BCUT2D eigenvalue weighted by Gasteiger charge is -2.20. The third-order valence-electron chi connectivity index (χ3n) is 2.63. The highest BCUT2D eigenvalue weighted by atomic mass is 32.2. The summed E-state index contributed by atoms with van der Waals surface area (Å²) in [5.74, 6) is -0.363. The Morgan fingerprint density at radius 1 is 1.53 bits per heavy atom. The Morgan fingerprint density at radius 3 is 2.68 bits per heavy atom. The summed E-state index contributed by atoms with van der Waals surface area (Å²) in [6, 6.07) is 0.175. The van der Waals surface area contributed by atoms with Crippen molar-refractivity contribution in [3.63, 3.8) is 0 Å². The standard InChI is InChI=1S/C11H17N3O4S/c1-4-14(3)11(16)8(2)13-19(17,18)10-7-12-6-5-9(10)15/h5-8,13H,4H2,1-3H3,(H,12,15). The van der Waals surface area contributed by atoms with E-state index in [2.05, 4.69) is 9.71 Å². The second-order valence-electron chi connectivity index (χ2n) is 4.07. The number of likely N-dealkylation sites (N-methyl/N-ethyl adjacent to an activating group) is 1. The van der Waals surface area contributed by atoms with Gasteiger partial charge in [-0.1, -0.05) is 0 Å². The quantitative estimate of drug-likeness (QED) is 0.764. The van der Waals surface area contributed by atoms with E-state index in [-0.39, 0.29) is 5.91 Å². The summed E-state index contributed by atoms with van der Waals surface area (Å²) in [6.07, 6.45) is 2.42. The summed E-state index contributed by atoms with van der Waals surface area (Å²) < 4.78 is 26.1. The minimum absolute atomic E-state index is 0.363. The third kappa shape index (κ3) is 3.65. The largest absolute Gasteiger partial charge is 0.366 e. The molecule has 1 aromatic heterocycles. The molecule has 0 aromatic carbocycles. The predicted octanol–water partition coefficient (Wildman–Crippen LogP) is -0.480. The van der Waals surface area contributed by atoms with E-state index in [1.54, 1.807) is 14.0 Å². The zero-order chi connectivity index (χ0) is 14.6. The maximum absolute atomic E-state index is 12.0. The number of hydrogen-bond donors (Lipinski definition) is 2. The zero-order valence-corrected chi connectivity index (χ0v) is 11.8. The van der Waals surface area contributed by atoms with Crippen molar-refractivity contribution >= 4 is 15.9 Å². The van der Waals surface area contributed by atoms with Crippen molar-refractivity contribution in [1.82, 2.24) is 14.6 Å². The molecule has 0 fully saturated rings. The highest BCUT2D eigenvalue weighted by Gasteiger charge is 2.25. The average molecular weight is 287 g/mol. The fourth-order valence-corrected chi connectivity index (χ4v) is 2.69. The van der Waals surface area contributed by atoms with Crippen LogP contribution in [0.4, 0.5) is 0 Å². The van der Waals surface area contributed by atoms with Crippen molar-refractivity contribution in [1.29, 1.82) is 0 Å². The van der Waals surface area contributed by atoms with Gasteiger partial charge in [0.15, 0.2) is 0 Å². The van der Waals surface area contributed by atoms with Crippen molar-refractivity contribution in [3.8, 4) is 0 Å². The number of H-pyrrole nitrogens is 1. The van der Waals surface area contributed by atoms with Gasteiger partial charge in [0.1, 0.15) is 4.90 Å². The van der Waals surface area contributed by atoms with Crippen LogP contribution in [0.2, 0.25) is 0 Å². The fraction of sp³-hybridized carbons (Fsp3) is 0.455. The molecule has 1 aromatic rings. The molecule has 0 aliphatic heterocycles. The van der Waals surface area contributed by atoms with Gasteiger partial charge in [-0.3, -0.25) is 9.59 Å². The van der Waals surface area contributed by atoms with Crippen LogP contribution in [0.15, 0.2) is 28.2 Å². The number of aromatic amines is 1. The maximum Gasteiger partial charge on any atom is 0.246 e. The van der Waals surface area contributed by atoms with Gasteiger partial charge >= 0.3 is 0 Å². The van der Waals surface area contributed by atoms with Crippen molar-refractivity contribution in [2.45, 2.75) is 24.8 Å². The van der Waals surface area contributed by atoms with Gasteiger partial charge in [-0.05, 0) is 13.8 Å². The third-order valence-corrected chi connectivity index (χ3v) is 4.19. The lowest BCUT2D eigenvalue weighted by Crippen LogP contribution is -2.46. The minimum Gasteiger partial charge on any atom is -0.366 e. The van der Waals surface area contributed by atoms with Crippen LogP contribution in [0.1, 0.15) is 13.8 Å². The molecule has 1 unspecified atom stereocenters. The molecule has 7 nitrogen and oxygen atoms in total. The van der Waals surface area contributed by atoms with Crippen LogP contribution in [0.5, 0.6) is 0 Å². The van der Waals surface area contributed by atoms with Gasteiger partial charge in [-0.25, -0.2) is 8.42 Å². The van der Waals surface area contributed by atoms with Gasteiger partial charge in [0, 0.05) is 32.1 Å². The Labute approximate surface area is 111 Å². The minimum atomic E-state index is -4.02. The molecule has 1 rings (SSSR count). The Hall–Kier alpha value is -1.67. The summed E-state index contributed by atoms with van der Waals surface area (Å²) in [6.45, 7) is 3.68. The summed E-state index contributed by atoms with van der Waals surface area (Å²) in [4.78, 5) is 26.8. The van der Waals surface area contributed by atoms with Crippen LogP contribution in [0.3, 0.4) is 0 Å². The molecule has 0 spiro atoms. The number of amides is 1. The molecular formula is C11H17N3O4S. The Morgan fingerprint density at radius 2 is 2.16 bits per heavy atom. The second kappa shape index (κ2) is 5.98. The fourth-order valence-electron chi connectivity index (χ4n) is 1.44. The number of pyridine rings is 1. The van der Waals surface area contributed by atoms with E-state index in [1.807, 2.05) is 0 Å². The molecule has 0 bridgehead atoms. The molecule has 1 amide bonds. The summed E-state index contributed by atoms with van der Waals surface area (Å²) in [5, 5.41) is 0. The van der Waals surface area contributed by atoms with Crippen molar-refractivity contribution < 1.29 is 13.2 Å².